The molecule has 0 saturated heterocycles. The molecule has 0 bridgehead atoms. The number of carbonyl (C=O) groups is 1. The number of nitrogens with one attached hydrogen (secondary N) is 1. The van der Waals surface area contributed by atoms with Gasteiger partial charge in [-0.05, 0) is 6.07 Å². The van der Waals surface area contributed by atoms with Crippen LogP contribution in [0.5, 0.6) is 0 Å². The van der Waals surface area contributed by atoms with Crippen LogP contribution in [0.2, 0.25) is 0 Å². The van der Waals surface area contributed by atoms with Gasteiger partial charge in [-0.3, -0.25) is 4.79 Å². The average Bonchev–Trinajstić information content (AvgIpc) is 2.49. The van der Waals surface area contributed by atoms with E-state index < -0.39 is 5.82 Å². The van der Waals surface area contributed by atoms with Crippen LogP contribution in [0.4, 0.5) is 4.39 Å². The van der Waals surface area contributed by atoms with Crippen LogP contribution in [-0.4, -0.2) is 16.3 Å². The van der Waals surface area contributed by atoms with Gasteiger partial charge in [-0.2, -0.15) is 0 Å². The molecule has 2 rings (SSSR count). The van der Waals surface area contributed by atoms with E-state index in [1.165, 1.54) is 18.5 Å². The standard InChI is InChI=1S/C8H5FN2O/c9-6-1-2-10-8-7(6)5(4-12)3-11-8/h1-4H,(H,10,11). The van der Waals surface area contributed by atoms with Gasteiger partial charge in [0.2, 0.25) is 0 Å². The first-order valence-electron chi connectivity index (χ1n) is 3.39. The Labute approximate surface area is 67.2 Å². The van der Waals surface area contributed by atoms with Crippen LogP contribution in [0, 0.1) is 5.82 Å². The molecular weight excluding hydrogens is 159 g/mol. The number of rotatable bonds is 1. The molecule has 0 aliphatic rings. The van der Waals surface area contributed by atoms with Gasteiger partial charge in [0.05, 0.1) is 5.39 Å². The maximum Gasteiger partial charge on any atom is 0.152 e. The highest BCUT2D eigenvalue weighted by Crippen LogP contribution is 2.17. The Morgan fingerprint density at radius 1 is 1.58 bits per heavy atom. The van der Waals surface area contributed by atoms with Gasteiger partial charge in [0.1, 0.15) is 11.5 Å². The van der Waals surface area contributed by atoms with E-state index in [4.69, 9.17) is 0 Å². The zero-order valence-corrected chi connectivity index (χ0v) is 6.04. The zero-order chi connectivity index (χ0) is 8.55. The molecule has 2 aromatic rings. The van der Waals surface area contributed by atoms with Crippen molar-refractivity contribution in [3.8, 4) is 0 Å². The van der Waals surface area contributed by atoms with Crippen LogP contribution < -0.4 is 0 Å². The van der Waals surface area contributed by atoms with Crippen molar-refractivity contribution in [1.82, 2.24) is 9.97 Å². The van der Waals surface area contributed by atoms with Crippen molar-refractivity contribution in [1.29, 1.82) is 0 Å². The first kappa shape index (κ1) is 6.97. The van der Waals surface area contributed by atoms with Crippen LogP contribution >= 0.6 is 0 Å². The lowest BCUT2D eigenvalue weighted by Crippen LogP contribution is -1.82. The highest BCUT2D eigenvalue weighted by molar-refractivity contribution is 5.95. The maximum atomic E-state index is 13.0. The molecule has 0 unspecified atom stereocenters. The van der Waals surface area contributed by atoms with Crippen LogP contribution in [0.15, 0.2) is 18.5 Å². The van der Waals surface area contributed by atoms with Crippen molar-refractivity contribution in [3.05, 3.63) is 29.8 Å². The number of aromatic nitrogens is 2. The van der Waals surface area contributed by atoms with Gasteiger partial charge >= 0.3 is 0 Å². The summed E-state index contributed by atoms with van der Waals surface area (Å²) in [5.41, 5.74) is 0.702. The summed E-state index contributed by atoms with van der Waals surface area (Å²) in [6.45, 7) is 0. The number of halogens is 1. The highest BCUT2D eigenvalue weighted by atomic mass is 19.1. The van der Waals surface area contributed by atoms with Crippen LogP contribution in [0.25, 0.3) is 11.0 Å². The number of hydrogen-bond acceptors (Lipinski definition) is 2. The van der Waals surface area contributed by atoms with E-state index in [1.807, 2.05) is 0 Å². The topological polar surface area (TPSA) is 45.8 Å². The van der Waals surface area contributed by atoms with Crippen LogP contribution in [0.3, 0.4) is 0 Å². The summed E-state index contributed by atoms with van der Waals surface area (Å²) < 4.78 is 13.0. The molecule has 2 aromatic heterocycles. The van der Waals surface area contributed by atoms with Gasteiger partial charge in [-0.25, -0.2) is 9.37 Å². The minimum atomic E-state index is -0.427. The molecule has 1 N–H and O–H groups in total. The molecule has 0 saturated carbocycles. The van der Waals surface area contributed by atoms with Crippen molar-refractivity contribution in [3.63, 3.8) is 0 Å². The van der Waals surface area contributed by atoms with Gasteiger partial charge in [0.25, 0.3) is 0 Å². The number of aromatic amines is 1. The van der Waals surface area contributed by atoms with E-state index in [0.717, 1.165) is 0 Å². The lowest BCUT2D eigenvalue weighted by Gasteiger charge is -1.90. The first-order valence-corrected chi connectivity index (χ1v) is 3.39. The summed E-state index contributed by atoms with van der Waals surface area (Å²) >= 11 is 0. The lowest BCUT2D eigenvalue weighted by molar-refractivity contribution is 0.112. The second kappa shape index (κ2) is 2.41. The number of hydrogen-bond donors (Lipinski definition) is 1. The summed E-state index contributed by atoms with van der Waals surface area (Å²) in [6.07, 6.45) is 3.39. The highest BCUT2D eigenvalue weighted by Gasteiger charge is 2.07. The number of pyridine rings is 1. The quantitative estimate of drug-likeness (QED) is 0.649. The molecule has 3 nitrogen and oxygen atoms in total. The molecule has 0 aromatic carbocycles. The van der Waals surface area contributed by atoms with E-state index in [1.54, 1.807) is 0 Å². The molecule has 0 aliphatic carbocycles. The summed E-state index contributed by atoms with van der Waals surface area (Å²) in [4.78, 5) is 17.0. The minimum absolute atomic E-state index is 0.257. The molecule has 0 atom stereocenters. The van der Waals surface area contributed by atoms with Crippen molar-refractivity contribution in [2.45, 2.75) is 0 Å². The second-order valence-corrected chi connectivity index (χ2v) is 2.38. The average molecular weight is 164 g/mol. The number of fused-ring (bicyclic) bond motifs is 1. The number of aldehydes is 1. The molecule has 2 heterocycles. The summed E-state index contributed by atoms with van der Waals surface area (Å²) in [5, 5.41) is 0.257. The first-order chi connectivity index (χ1) is 5.83. The Morgan fingerprint density at radius 3 is 3.17 bits per heavy atom. The molecular formula is C8H5FN2O. The molecule has 0 radical (unpaired) electrons. The molecule has 0 amide bonds. The van der Waals surface area contributed by atoms with Crippen molar-refractivity contribution < 1.29 is 9.18 Å². The maximum absolute atomic E-state index is 13.0. The van der Waals surface area contributed by atoms with Gasteiger partial charge < -0.3 is 4.98 Å². The van der Waals surface area contributed by atoms with Crippen LogP contribution in [0.1, 0.15) is 10.4 Å². The Kier molecular flexibility index (Phi) is 1.40. The predicted molar refractivity (Wildman–Crippen MR) is 41.4 cm³/mol. The summed E-state index contributed by atoms with van der Waals surface area (Å²) in [6, 6.07) is 1.23. The normalized spacial score (nSPS) is 10.4. The van der Waals surface area contributed by atoms with Crippen molar-refractivity contribution in [2.75, 3.05) is 0 Å². The third kappa shape index (κ3) is 0.812. The SMILES string of the molecule is O=Cc1c[nH]c2nccc(F)c12. The van der Waals surface area contributed by atoms with Crippen LogP contribution in [-0.2, 0) is 0 Å². The van der Waals surface area contributed by atoms with E-state index in [9.17, 15) is 9.18 Å². The number of carbonyl (C=O) groups excluding carboxylic acids is 1. The second-order valence-electron chi connectivity index (χ2n) is 2.38. The Balaban J connectivity index is 2.91. The monoisotopic (exact) mass is 164 g/mol. The van der Waals surface area contributed by atoms with Crippen molar-refractivity contribution >= 4 is 17.3 Å². The van der Waals surface area contributed by atoms with E-state index >= 15 is 0 Å². The zero-order valence-electron chi connectivity index (χ0n) is 6.04. The lowest BCUT2D eigenvalue weighted by atomic mass is 10.2. The number of nitrogens with zero attached hydrogens (tertiary/aromatic N) is 1. The van der Waals surface area contributed by atoms with Crippen molar-refractivity contribution in [2.24, 2.45) is 0 Å². The van der Waals surface area contributed by atoms with Gasteiger partial charge in [0.15, 0.2) is 6.29 Å². The minimum Gasteiger partial charge on any atom is -0.345 e. The van der Waals surface area contributed by atoms with E-state index in [0.29, 0.717) is 17.5 Å². The van der Waals surface area contributed by atoms with E-state index in [-0.39, 0.29) is 5.39 Å². The number of H-pyrrole nitrogens is 1. The largest absolute Gasteiger partial charge is 0.345 e. The van der Waals surface area contributed by atoms with Gasteiger partial charge in [-0.15, -0.1) is 0 Å². The fourth-order valence-electron chi connectivity index (χ4n) is 1.13. The summed E-state index contributed by atoms with van der Waals surface area (Å²) in [7, 11) is 0. The molecule has 0 aliphatic heterocycles. The molecule has 0 spiro atoms. The molecule has 12 heavy (non-hydrogen) atoms. The Bertz CT molecular complexity index is 436. The Hall–Kier alpha value is -1.71. The Morgan fingerprint density at radius 2 is 2.42 bits per heavy atom. The smallest absolute Gasteiger partial charge is 0.152 e. The molecule has 60 valence electrons. The third-order valence-corrected chi connectivity index (χ3v) is 1.68. The third-order valence-electron chi connectivity index (χ3n) is 1.68. The summed E-state index contributed by atoms with van der Waals surface area (Å²) in [5.74, 6) is -0.427. The predicted octanol–water partition coefficient (Wildman–Crippen LogP) is 1.51. The van der Waals surface area contributed by atoms with Gasteiger partial charge in [-0.1, -0.05) is 0 Å². The molecule has 0 fully saturated rings. The fraction of sp³-hybridized carbons (Fsp3) is 0. The fourth-order valence-corrected chi connectivity index (χ4v) is 1.13. The van der Waals surface area contributed by atoms with Gasteiger partial charge in [0, 0.05) is 18.0 Å². The van der Waals surface area contributed by atoms with E-state index in [2.05, 4.69) is 9.97 Å². The molecule has 4 heteroatoms.